The molecule has 0 atom stereocenters. The lowest BCUT2D eigenvalue weighted by atomic mass is 10.0. The molecule has 0 radical (unpaired) electrons. The summed E-state index contributed by atoms with van der Waals surface area (Å²) in [5.74, 6) is -2.32. The molecule has 0 aliphatic carbocycles. The normalized spacial score (nSPS) is 10.3. The van der Waals surface area contributed by atoms with E-state index < -0.39 is 24.2 Å². The van der Waals surface area contributed by atoms with Crippen molar-refractivity contribution in [3.8, 4) is 11.1 Å². The van der Waals surface area contributed by atoms with Crippen LogP contribution >= 0.6 is 0 Å². The lowest BCUT2D eigenvalue weighted by molar-refractivity contribution is -0.136. The number of rotatable bonds is 3. The first-order valence-electron chi connectivity index (χ1n) is 5.19. The van der Waals surface area contributed by atoms with Crippen LogP contribution in [0.15, 0.2) is 36.4 Å². The SMILES string of the molecule is O=C(O)Cc1nc(F)ccc1-c1cccc(F)c1. The molecule has 0 aliphatic rings. The van der Waals surface area contributed by atoms with Gasteiger partial charge in [0.1, 0.15) is 5.82 Å². The fourth-order valence-electron chi connectivity index (χ4n) is 1.67. The van der Waals surface area contributed by atoms with Gasteiger partial charge in [-0.1, -0.05) is 12.1 Å². The van der Waals surface area contributed by atoms with Gasteiger partial charge in [0.15, 0.2) is 0 Å². The minimum atomic E-state index is -1.12. The minimum absolute atomic E-state index is 0.0769. The summed E-state index contributed by atoms with van der Waals surface area (Å²) in [6.45, 7) is 0. The van der Waals surface area contributed by atoms with E-state index in [9.17, 15) is 13.6 Å². The van der Waals surface area contributed by atoms with Crippen molar-refractivity contribution in [2.24, 2.45) is 0 Å². The average molecular weight is 249 g/mol. The van der Waals surface area contributed by atoms with Crippen molar-refractivity contribution in [2.75, 3.05) is 0 Å². The molecule has 92 valence electrons. The highest BCUT2D eigenvalue weighted by molar-refractivity contribution is 5.75. The van der Waals surface area contributed by atoms with E-state index in [0.717, 1.165) is 6.07 Å². The Bertz CT molecular complexity index is 599. The molecule has 1 heterocycles. The van der Waals surface area contributed by atoms with Gasteiger partial charge in [0.05, 0.1) is 12.1 Å². The Morgan fingerprint density at radius 2 is 2.00 bits per heavy atom. The number of halogens is 2. The largest absolute Gasteiger partial charge is 0.481 e. The van der Waals surface area contributed by atoms with Crippen molar-refractivity contribution in [1.82, 2.24) is 4.98 Å². The number of carboxylic acids is 1. The fraction of sp³-hybridized carbons (Fsp3) is 0.0769. The molecule has 18 heavy (non-hydrogen) atoms. The molecule has 0 saturated carbocycles. The molecule has 0 amide bonds. The van der Waals surface area contributed by atoms with Gasteiger partial charge in [-0.05, 0) is 29.8 Å². The molecule has 0 fully saturated rings. The predicted octanol–water partition coefficient (Wildman–Crippen LogP) is 2.65. The van der Waals surface area contributed by atoms with Crippen molar-refractivity contribution in [3.05, 3.63) is 53.9 Å². The Hall–Kier alpha value is -2.30. The highest BCUT2D eigenvalue weighted by atomic mass is 19.1. The number of aromatic nitrogens is 1. The second-order valence-corrected chi connectivity index (χ2v) is 3.71. The number of hydrogen-bond acceptors (Lipinski definition) is 2. The van der Waals surface area contributed by atoms with Gasteiger partial charge in [0, 0.05) is 5.56 Å². The molecule has 5 heteroatoms. The van der Waals surface area contributed by atoms with Crippen molar-refractivity contribution in [3.63, 3.8) is 0 Å². The highest BCUT2D eigenvalue weighted by Gasteiger charge is 2.12. The molecule has 0 unspecified atom stereocenters. The van der Waals surface area contributed by atoms with Gasteiger partial charge in [0.25, 0.3) is 0 Å². The molecule has 0 bridgehead atoms. The lowest BCUT2D eigenvalue weighted by Gasteiger charge is -2.07. The summed E-state index contributed by atoms with van der Waals surface area (Å²) in [6, 6.07) is 8.15. The van der Waals surface area contributed by atoms with Crippen LogP contribution in [0.1, 0.15) is 5.69 Å². The van der Waals surface area contributed by atoms with Crippen LogP contribution < -0.4 is 0 Å². The first-order chi connectivity index (χ1) is 8.56. The zero-order valence-electron chi connectivity index (χ0n) is 9.23. The Balaban J connectivity index is 2.52. The second-order valence-electron chi connectivity index (χ2n) is 3.71. The van der Waals surface area contributed by atoms with Gasteiger partial charge in [-0.2, -0.15) is 4.39 Å². The van der Waals surface area contributed by atoms with E-state index in [2.05, 4.69) is 4.98 Å². The molecule has 1 N–H and O–H groups in total. The molecule has 2 aromatic rings. The zero-order chi connectivity index (χ0) is 13.1. The smallest absolute Gasteiger partial charge is 0.309 e. The van der Waals surface area contributed by atoms with Crippen LogP contribution in [-0.2, 0) is 11.2 Å². The summed E-state index contributed by atoms with van der Waals surface area (Å²) in [7, 11) is 0. The number of pyridine rings is 1. The molecule has 1 aromatic heterocycles. The first-order valence-corrected chi connectivity index (χ1v) is 5.19. The van der Waals surface area contributed by atoms with Crippen molar-refractivity contribution >= 4 is 5.97 Å². The van der Waals surface area contributed by atoms with E-state index in [1.165, 1.54) is 24.3 Å². The third kappa shape index (κ3) is 2.68. The number of aliphatic carboxylic acids is 1. The number of carboxylic acid groups (broad SMARTS) is 1. The third-order valence-corrected chi connectivity index (χ3v) is 2.39. The third-order valence-electron chi connectivity index (χ3n) is 2.39. The van der Waals surface area contributed by atoms with Crippen LogP contribution in [0.4, 0.5) is 8.78 Å². The van der Waals surface area contributed by atoms with Crippen LogP contribution in [-0.4, -0.2) is 16.1 Å². The number of nitrogens with zero attached hydrogens (tertiary/aromatic N) is 1. The highest BCUT2D eigenvalue weighted by Crippen LogP contribution is 2.23. The Morgan fingerprint density at radius 3 is 2.67 bits per heavy atom. The van der Waals surface area contributed by atoms with Gasteiger partial charge < -0.3 is 5.11 Å². The van der Waals surface area contributed by atoms with Gasteiger partial charge in [0.2, 0.25) is 5.95 Å². The summed E-state index contributed by atoms with van der Waals surface area (Å²) >= 11 is 0. The number of hydrogen-bond donors (Lipinski definition) is 1. The minimum Gasteiger partial charge on any atom is -0.481 e. The first kappa shape index (κ1) is 12.2. The second kappa shape index (κ2) is 4.91. The van der Waals surface area contributed by atoms with Crippen molar-refractivity contribution in [1.29, 1.82) is 0 Å². The van der Waals surface area contributed by atoms with E-state index in [1.54, 1.807) is 6.07 Å². The molecule has 1 aromatic carbocycles. The standard InChI is InChI=1S/C13H9F2NO2/c14-9-3-1-2-8(6-9)10-4-5-12(15)16-11(10)7-13(17)18/h1-6H,7H2,(H,17,18). The maximum Gasteiger partial charge on any atom is 0.309 e. The summed E-state index contributed by atoms with van der Waals surface area (Å²) in [5, 5.41) is 8.75. The van der Waals surface area contributed by atoms with E-state index >= 15 is 0 Å². The summed E-state index contributed by atoms with van der Waals surface area (Å²) in [5.41, 5.74) is 0.963. The van der Waals surface area contributed by atoms with Crippen molar-refractivity contribution in [2.45, 2.75) is 6.42 Å². The Morgan fingerprint density at radius 1 is 1.22 bits per heavy atom. The maximum atomic E-state index is 13.1. The van der Waals surface area contributed by atoms with Gasteiger partial charge in [-0.15, -0.1) is 0 Å². The number of benzene rings is 1. The van der Waals surface area contributed by atoms with Gasteiger partial charge >= 0.3 is 5.97 Å². The predicted molar refractivity (Wildman–Crippen MR) is 60.9 cm³/mol. The van der Waals surface area contributed by atoms with E-state index in [4.69, 9.17) is 5.11 Å². The van der Waals surface area contributed by atoms with Gasteiger partial charge in [-0.3, -0.25) is 4.79 Å². The van der Waals surface area contributed by atoms with Gasteiger partial charge in [-0.25, -0.2) is 9.37 Å². The van der Waals surface area contributed by atoms with E-state index in [1.807, 2.05) is 0 Å². The lowest BCUT2D eigenvalue weighted by Crippen LogP contribution is -2.05. The number of carbonyl (C=O) groups is 1. The fourth-order valence-corrected chi connectivity index (χ4v) is 1.67. The molecule has 2 rings (SSSR count). The Labute approximate surface area is 102 Å². The maximum absolute atomic E-state index is 13.1. The quantitative estimate of drug-likeness (QED) is 0.851. The topological polar surface area (TPSA) is 50.2 Å². The zero-order valence-corrected chi connectivity index (χ0v) is 9.23. The average Bonchev–Trinajstić information content (AvgIpc) is 2.28. The van der Waals surface area contributed by atoms with Crippen LogP contribution in [0, 0.1) is 11.8 Å². The van der Waals surface area contributed by atoms with E-state index in [-0.39, 0.29) is 5.69 Å². The van der Waals surface area contributed by atoms with E-state index in [0.29, 0.717) is 11.1 Å². The van der Waals surface area contributed by atoms with Crippen LogP contribution in [0.3, 0.4) is 0 Å². The summed E-state index contributed by atoms with van der Waals surface area (Å²) in [6.07, 6.45) is -0.413. The molecule has 0 aliphatic heterocycles. The van der Waals surface area contributed by atoms with Crippen molar-refractivity contribution < 1.29 is 18.7 Å². The van der Waals surface area contributed by atoms with Crippen LogP contribution in [0.5, 0.6) is 0 Å². The van der Waals surface area contributed by atoms with Crippen LogP contribution in [0.2, 0.25) is 0 Å². The molecular formula is C13H9F2NO2. The molecule has 0 spiro atoms. The summed E-state index contributed by atoms with van der Waals surface area (Å²) < 4.78 is 26.1. The monoisotopic (exact) mass is 249 g/mol. The molecular weight excluding hydrogens is 240 g/mol. The summed E-state index contributed by atoms with van der Waals surface area (Å²) in [4.78, 5) is 14.2. The molecule has 0 saturated heterocycles. The Kier molecular flexibility index (Phi) is 3.32. The molecule has 3 nitrogen and oxygen atoms in total. The van der Waals surface area contributed by atoms with Crippen LogP contribution in [0.25, 0.3) is 11.1 Å².